The topological polar surface area (TPSA) is 62.3 Å². The zero-order chi connectivity index (χ0) is 14.5. The fraction of sp³-hybridized carbons (Fsp3) is 0.533. The molecule has 20 heavy (non-hydrogen) atoms. The molecule has 1 aliphatic rings. The van der Waals surface area contributed by atoms with E-state index < -0.39 is 0 Å². The van der Waals surface area contributed by atoms with Crippen molar-refractivity contribution < 1.29 is 9.13 Å². The Kier molecular flexibility index (Phi) is 5.07. The third-order valence-electron chi connectivity index (χ3n) is 3.95. The van der Waals surface area contributed by atoms with Crippen molar-refractivity contribution in [3.05, 3.63) is 35.1 Å². The molecule has 1 aromatic rings. The molecule has 1 heterocycles. The Labute approximate surface area is 118 Å². The van der Waals surface area contributed by atoms with Gasteiger partial charge in [0.1, 0.15) is 5.82 Å². The Balaban J connectivity index is 2.07. The average molecular weight is 277 g/mol. The van der Waals surface area contributed by atoms with E-state index in [0.29, 0.717) is 24.2 Å². The van der Waals surface area contributed by atoms with E-state index in [2.05, 4.69) is 4.90 Å². The molecule has 108 valence electrons. The lowest BCUT2D eigenvalue weighted by Crippen LogP contribution is -2.48. The molecule has 0 amide bonds. The third kappa shape index (κ3) is 3.34. The summed E-state index contributed by atoms with van der Waals surface area (Å²) in [6.07, 6.45) is 2.06. The number of piperidine rings is 1. The fourth-order valence-electron chi connectivity index (χ4n) is 2.69. The monoisotopic (exact) mass is 277 g/mol. The molecule has 0 aliphatic carbocycles. The third-order valence-corrected chi connectivity index (χ3v) is 3.95. The van der Waals surface area contributed by atoms with Gasteiger partial charge >= 0.3 is 0 Å². The summed E-state index contributed by atoms with van der Waals surface area (Å²) in [5, 5.41) is 8.75. The van der Waals surface area contributed by atoms with Gasteiger partial charge in [-0.05, 0) is 25.0 Å². The van der Waals surface area contributed by atoms with Crippen molar-refractivity contribution in [1.29, 1.82) is 5.26 Å². The van der Waals surface area contributed by atoms with Crippen LogP contribution in [-0.2, 0) is 11.3 Å². The van der Waals surface area contributed by atoms with Crippen LogP contribution in [0.5, 0.6) is 0 Å². The van der Waals surface area contributed by atoms with E-state index >= 15 is 0 Å². The Morgan fingerprint density at radius 2 is 2.35 bits per heavy atom. The molecular formula is C15H20FN3O. The van der Waals surface area contributed by atoms with E-state index in [1.165, 1.54) is 6.07 Å². The van der Waals surface area contributed by atoms with Crippen LogP contribution < -0.4 is 5.73 Å². The number of nitriles is 1. The number of ether oxygens (including phenoxy) is 1. The summed E-state index contributed by atoms with van der Waals surface area (Å²) in [6.45, 7) is 1.91. The largest absolute Gasteiger partial charge is 0.381 e. The SMILES string of the molecule is COC1CCN(Cc2ccc(C#N)cc2F)C(CN)C1. The van der Waals surface area contributed by atoms with Gasteiger partial charge in [0.05, 0.1) is 17.7 Å². The summed E-state index contributed by atoms with van der Waals surface area (Å²) in [7, 11) is 1.72. The minimum Gasteiger partial charge on any atom is -0.381 e. The van der Waals surface area contributed by atoms with Crippen molar-refractivity contribution in [2.45, 2.75) is 31.5 Å². The molecule has 2 unspecified atom stereocenters. The molecule has 0 saturated carbocycles. The van der Waals surface area contributed by atoms with Gasteiger partial charge in [0, 0.05) is 38.3 Å². The first-order chi connectivity index (χ1) is 9.67. The fourth-order valence-corrected chi connectivity index (χ4v) is 2.69. The molecule has 5 heteroatoms. The van der Waals surface area contributed by atoms with E-state index in [4.69, 9.17) is 15.7 Å². The summed E-state index contributed by atoms with van der Waals surface area (Å²) in [5.41, 5.74) is 6.77. The normalized spacial score (nSPS) is 23.5. The molecular weight excluding hydrogens is 257 g/mol. The van der Waals surface area contributed by atoms with Crippen molar-refractivity contribution >= 4 is 0 Å². The predicted molar refractivity (Wildman–Crippen MR) is 74.4 cm³/mol. The Morgan fingerprint density at radius 1 is 1.55 bits per heavy atom. The molecule has 4 nitrogen and oxygen atoms in total. The summed E-state index contributed by atoms with van der Waals surface area (Å²) in [6, 6.07) is 6.78. The molecule has 1 aromatic carbocycles. The van der Waals surface area contributed by atoms with Gasteiger partial charge < -0.3 is 10.5 Å². The number of nitrogens with zero attached hydrogens (tertiary/aromatic N) is 2. The number of hydrogen-bond acceptors (Lipinski definition) is 4. The van der Waals surface area contributed by atoms with Crippen LogP contribution in [0.15, 0.2) is 18.2 Å². The molecule has 1 fully saturated rings. The van der Waals surface area contributed by atoms with E-state index in [9.17, 15) is 4.39 Å². The lowest BCUT2D eigenvalue weighted by Gasteiger charge is -2.38. The van der Waals surface area contributed by atoms with E-state index in [1.54, 1.807) is 19.2 Å². The molecule has 2 atom stereocenters. The summed E-state index contributed by atoms with van der Waals surface area (Å²) in [5.74, 6) is -0.325. The minimum absolute atomic E-state index is 0.212. The highest BCUT2D eigenvalue weighted by Crippen LogP contribution is 2.22. The van der Waals surface area contributed by atoms with Crippen LogP contribution in [0.3, 0.4) is 0 Å². The first-order valence-electron chi connectivity index (χ1n) is 6.83. The Morgan fingerprint density at radius 3 is 2.95 bits per heavy atom. The quantitative estimate of drug-likeness (QED) is 0.908. The molecule has 0 spiro atoms. The van der Waals surface area contributed by atoms with Gasteiger partial charge in [0.2, 0.25) is 0 Å². The van der Waals surface area contributed by atoms with Crippen molar-refractivity contribution in [3.63, 3.8) is 0 Å². The van der Waals surface area contributed by atoms with Crippen molar-refractivity contribution in [3.8, 4) is 6.07 Å². The van der Waals surface area contributed by atoms with E-state index in [1.807, 2.05) is 6.07 Å². The smallest absolute Gasteiger partial charge is 0.129 e. The number of hydrogen-bond donors (Lipinski definition) is 1. The molecule has 1 saturated heterocycles. The minimum atomic E-state index is -0.325. The lowest BCUT2D eigenvalue weighted by molar-refractivity contribution is 0.00987. The zero-order valence-corrected chi connectivity index (χ0v) is 11.7. The predicted octanol–water partition coefficient (Wildman–Crippen LogP) is 1.64. The standard InChI is InChI=1S/C15H20FN3O/c1-20-14-4-5-19(13(7-14)9-18)10-12-3-2-11(8-17)6-15(12)16/h2-3,6,13-14H,4-5,7,9-10,18H2,1H3. The zero-order valence-electron chi connectivity index (χ0n) is 11.7. The van der Waals surface area contributed by atoms with Gasteiger partial charge in [0.15, 0.2) is 0 Å². The van der Waals surface area contributed by atoms with Crippen LogP contribution in [0.4, 0.5) is 4.39 Å². The number of halogens is 1. The number of nitrogens with two attached hydrogens (primary N) is 1. The van der Waals surface area contributed by atoms with E-state index in [0.717, 1.165) is 19.4 Å². The molecule has 1 aliphatic heterocycles. The lowest BCUT2D eigenvalue weighted by atomic mass is 9.98. The molecule has 2 rings (SSSR count). The number of benzene rings is 1. The second kappa shape index (κ2) is 6.80. The van der Waals surface area contributed by atoms with Crippen molar-refractivity contribution in [2.75, 3.05) is 20.2 Å². The average Bonchev–Trinajstić information content (AvgIpc) is 2.49. The summed E-state index contributed by atoms with van der Waals surface area (Å²) >= 11 is 0. The van der Waals surface area contributed by atoms with Gasteiger partial charge in [-0.25, -0.2) is 4.39 Å². The van der Waals surface area contributed by atoms with Crippen LogP contribution in [0.2, 0.25) is 0 Å². The van der Waals surface area contributed by atoms with Crippen LogP contribution in [0.25, 0.3) is 0 Å². The van der Waals surface area contributed by atoms with Gasteiger partial charge in [-0.3, -0.25) is 4.90 Å². The molecule has 0 radical (unpaired) electrons. The highest BCUT2D eigenvalue weighted by molar-refractivity contribution is 5.32. The highest BCUT2D eigenvalue weighted by atomic mass is 19.1. The van der Waals surface area contributed by atoms with Gasteiger partial charge in [0.25, 0.3) is 0 Å². The second-order valence-corrected chi connectivity index (χ2v) is 5.16. The summed E-state index contributed by atoms with van der Waals surface area (Å²) < 4.78 is 19.3. The number of likely N-dealkylation sites (tertiary alicyclic amines) is 1. The maximum atomic E-state index is 13.9. The van der Waals surface area contributed by atoms with E-state index in [-0.39, 0.29) is 18.0 Å². The van der Waals surface area contributed by atoms with Gasteiger partial charge in [-0.15, -0.1) is 0 Å². The van der Waals surface area contributed by atoms with Crippen LogP contribution in [0.1, 0.15) is 24.0 Å². The maximum Gasteiger partial charge on any atom is 0.129 e. The molecule has 0 aromatic heterocycles. The molecule has 2 N–H and O–H groups in total. The van der Waals surface area contributed by atoms with Crippen LogP contribution >= 0.6 is 0 Å². The summed E-state index contributed by atoms with van der Waals surface area (Å²) in [4.78, 5) is 2.19. The Hall–Kier alpha value is -1.48. The number of rotatable bonds is 4. The first kappa shape index (κ1) is 14.9. The van der Waals surface area contributed by atoms with Gasteiger partial charge in [-0.2, -0.15) is 5.26 Å². The number of methoxy groups -OCH3 is 1. The van der Waals surface area contributed by atoms with Gasteiger partial charge in [-0.1, -0.05) is 6.07 Å². The molecule has 0 bridgehead atoms. The van der Waals surface area contributed by atoms with Crippen LogP contribution in [0, 0.1) is 17.1 Å². The second-order valence-electron chi connectivity index (χ2n) is 5.16. The van der Waals surface area contributed by atoms with Crippen molar-refractivity contribution in [2.24, 2.45) is 5.73 Å². The first-order valence-corrected chi connectivity index (χ1v) is 6.83. The van der Waals surface area contributed by atoms with Crippen molar-refractivity contribution in [1.82, 2.24) is 4.90 Å². The van der Waals surface area contributed by atoms with Crippen LogP contribution in [-0.4, -0.2) is 37.2 Å². The Bertz CT molecular complexity index is 500. The highest BCUT2D eigenvalue weighted by Gasteiger charge is 2.27. The maximum absolute atomic E-state index is 13.9.